The highest BCUT2D eigenvalue weighted by Gasteiger charge is 2.35. The third-order valence-electron chi connectivity index (χ3n) is 6.02. The van der Waals surface area contributed by atoms with Gasteiger partial charge in [-0.05, 0) is 55.2 Å². The Morgan fingerprint density at radius 3 is 2.31 bits per heavy atom. The van der Waals surface area contributed by atoms with Gasteiger partial charge in [-0.3, -0.25) is 14.5 Å². The average Bonchev–Trinajstić information content (AvgIpc) is 3.34. The summed E-state index contributed by atoms with van der Waals surface area (Å²) in [6.45, 7) is 8.34. The molecule has 182 valence electrons. The Balaban J connectivity index is 1.82. The minimum Gasteiger partial charge on any atom is -0.363 e. The molecule has 1 aliphatic heterocycles. The molecule has 0 saturated heterocycles. The van der Waals surface area contributed by atoms with Crippen LogP contribution in [-0.2, 0) is 16.1 Å². The summed E-state index contributed by atoms with van der Waals surface area (Å²) in [6.07, 6.45) is 10.2. The molecule has 2 amide bonds. The van der Waals surface area contributed by atoms with Crippen molar-refractivity contribution in [2.24, 2.45) is 0 Å². The Kier molecular flexibility index (Phi) is 9.63. The second-order valence-electron chi connectivity index (χ2n) is 8.60. The van der Waals surface area contributed by atoms with Gasteiger partial charge in [0.1, 0.15) is 11.6 Å². The molecule has 0 aliphatic carbocycles. The van der Waals surface area contributed by atoms with Crippen molar-refractivity contribution in [3.63, 3.8) is 0 Å². The van der Waals surface area contributed by atoms with Crippen LogP contribution in [0.15, 0.2) is 71.3 Å². The molecule has 6 heteroatoms. The van der Waals surface area contributed by atoms with Gasteiger partial charge in [0.2, 0.25) is 0 Å². The first kappa shape index (κ1) is 26.2. The molecule has 0 spiro atoms. The zero-order valence-corrected chi connectivity index (χ0v) is 21.6. The average molecular weight is 488 g/mol. The number of nitrogens with zero attached hydrogens (tertiary/aromatic N) is 3. The number of carbonyl (C=O) groups excluding carboxylic acids is 2. The summed E-state index contributed by atoms with van der Waals surface area (Å²) in [5.74, 6) is -0.917. The van der Waals surface area contributed by atoms with Crippen molar-refractivity contribution in [1.29, 1.82) is 5.26 Å². The predicted molar refractivity (Wildman–Crippen MR) is 144 cm³/mol. The molecule has 1 aromatic heterocycles. The third kappa shape index (κ3) is 6.58. The van der Waals surface area contributed by atoms with Crippen LogP contribution in [0.2, 0.25) is 0 Å². The van der Waals surface area contributed by atoms with E-state index in [1.54, 1.807) is 24.3 Å². The summed E-state index contributed by atoms with van der Waals surface area (Å²) in [7, 11) is 0. The number of hydrogen-bond donors (Lipinski definition) is 0. The highest BCUT2D eigenvalue weighted by atomic mass is 32.1. The molecule has 2 heterocycles. The van der Waals surface area contributed by atoms with Crippen LogP contribution in [-0.4, -0.2) is 29.8 Å². The Morgan fingerprint density at radius 1 is 1.00 bits per heavy atom. The van der Waals surface area contributed by atoms with Crippen LogP contribution in [0.1, 0.15) is 56.9 Å². The fraction of sp³-hybridized carbons (Fsp3) is 0.345. The monoisotopic (exact) mass is 487 g/mol. The van der Waals surface area contributed by atoms with Gasteiger partial charge in [0, 0.05) is 23.5 Å². The first-order valence-corrected chi connectivity index (χ1v) is 13.1. The van der Waals surface area contributed by atoms with Crippen molar-refractivity contribution in [2.75, 3.05) is 18.0 Å². The minimum absolute atomic E-state index is 0.0149. The molecule has 35 heavy (non-hydrogen) atoms. The number of allylic oxidation sites excluding steroid dienone is 2. The largest absolute Gasteiger partial charge is 0.363 e. The summed E-state index contributed by atoms with van der Waals surface area (Å²) in [6, 6.07) is 15.6. The topological polar surface area (TPSA) is 64.4 Å². The molecule has 5 nitrogen and oxygen atoms in total. The number of carbonyl (C=O) groups is 2. The van der Waals surface area contributed by atoms with Gasteiger partial charge >= 0.3 is 0 Å². The van der Waals surface area contributed by atoms with Crippen molar-refractivity contribution in [1.82, 2.24) is 4.90 Å². The maximum atomic E-state index is 13.2. The second-order valence-corrected chi connectivity index (χ2v) is 9.70. The number of anilines is 1. The standard InChI is InChI=1S/C29H33N3O2S/c1-4-6-18-31(19-7-5-2)27-17-16-24(35-27)14-11-15-25-22(3)26(20-30)29(34)32(28(25)33)21-23-12-9-8-10-13-23/h8-17H,4-7,18-19,21H2,1-3H3/b14-11+,25-15-. The van der Waals surface area contributed by atoms with E-state index in [1.165, 1.54) is 30.7 Å². The van der Waals surface area contributed by atoms with Crippen molar-refractivity contribution in [3.8, 4) is 6.07 Å². The summed E-state index contributed by atoms with van der Waals surface area (Å²) < 4.78 is 0. The molecular formula is C29H33N3O2S. The van der Waals surface area contributed by atoms with Gasteiger partial charge in [-0.15, -0.1) is 11.3 Å². The van der Waals surface area contributed by atoms with Crippen LogP contribution in [0.5, 0.6) is 0 Å². The smallest absolute Gasteiger partial charge is 0.271 e. The van der Waals surface area contributed by atoms with Crippen molar-refractivity contribution >= 4 is 34.2 Å². The summed E-state index contributed by atoms with van der Waals surface area (Å²) in [4.78, 5) is 30.7. The fourth-order valence-electron chi connectivity index (χ4n) is 3.94. The zero-order valence-electron chi connectivity index (χ0n) is 20.8. The van der Waals surface area contributed by atoms with Crippen LogP contribution < -0.4 is 4.90 Å². The van der Waals surface area contributed by atoms with E-state index in [9.17, 15) is 14.9 Å². The maximum absolute atomic E-state index is 13.2. The van der Waals surface area contributed by atoms with E-state index >= 15 is 0 Å². The van der Waals surface area contributed by atoms with E-state index in [4.69, 9.17) is 0 Å². The van der Waals surface area contributed by atoms with Crippen molar-refractivity contribution in [2.45, 2.75) is 53.0 Å². The van der Waals surface area contributed by atoms with Crippen LogP contribution in [0, 0.1) is 11.3 Å². The molecular weight excluding hydrogens is 454 g/mol. The van der Waals surface area contributed by atoms with Gasteiger partial charge < -0.3 is 4.90 Å². The van der Waals surface area contributed by atoms with Crippen LogP contribution in [0.4, 0.5) is 5.00 Å². The molecule has 2 aromatic rings. The van der Waals surface area contributed by atoms with E-state index < -0.39 is 5.91 Å². The number of nitriles is 1. The van der Waals surface area contributed by atoms with E-state index in [-0.39, 0.29) is 18.0 Å². The third-order valence-corrected chi connectivity index (χ3v) is 7.13. The zero-order chi connectivity index (χ0) is 25.2. The number of thiophene rings is 1. The molecule has 0 N–H and O–H groups in total. The van der Waals surface area contributed by atoms with E-state index in [2.05, 4.69) is 30.9 Å². The second kappa shape index (κ2) is 12.9. The Hall–Kier alpha value is -3.43. The molecule has 0 atom stereocenters. The fourth-order valence-corrected chi connectivity index (χ4v) is 4.91. The lowest BCUT2D eigenvalue weighted by atomic mass is 9.94. The first-order valence-electron chi connectivity index (χ1n) is 12.2. The predicted octanol–water partition coefficient (Wildman–Crippen LogP) is 6.50. The number of hydrogen-bond acceptors (Lipinski definition) is 5. The van der Waals surface area contributed by atoms with E-state index in [0.29, 0.717) is 11.1 Å². The van der Waals surface area contributed by atoms with Gasteiger partial charge in [0.25, 0.3) is 11.8 Å². The lowest BCUT2D eigenvalue weighted by Gasteiger charge is -2.27. The number of unbranched alkanes of at least 4 members (excludes halogenated alkanes) is 2. The molecule has 3 rings (SSSR count). The lowest BCUT2D eigenvalue weighted by Crippen LogP contribution is -2.42. The van der Waals surface area contributed by atoms with Gasteiger partial charge in [-0.1, -0.05) is 63.1 Å². The van der Waals surface area contributed by atoms with Crippen molar-refractivity contribution in [3.05, 3.63) is 81.8 Å². The molecule has 0 bridgehead atoms. The number of imide groups is 1. The molecule has 1 aromatic carbocycles. The quantitative estimate of drug-likeness (QED) is 0.268. The molecule has 1 aliphatic rings. The van der Waals surface area contributed by atoms with Crippen LogP contribution in [0.3, 0.4) is 0 Å². The van der Waals surface area contributed by atoms with Gasteiger partial charge in [-0.25, -0.2) is 0 Å². The van der Waals surface area contributed by atoms with Crippen LogP contribution in [0.25, 0.3) is 6.08 Å². The molecule has 0 fully saturated rings. The minimum atomic E-state index is -0.540. The molecule has 0 unspecified atom stereocenters. The number of amides is 2. The van der Waals surface area contributed by atoms with Crippen LogP contribution >= 0.6 is 11.3 Å². The summed E-state index contributed by atoms with van der Waals surface area (Å²) in [5.41, 5.74) is 1.65. The van der Waals surface area contributed by atoms with Gasteiger partial charge in [0.05, 0.1) is 11.5 Å². The first-order chi connectivity index (χ1) is 17.0. The number of benzene rings is 1. The van der Waals surface area contributed by atoms with Gasteiger partial charge in [0.15, 0.2) is 0 Å². The number of rotatable bonds is 11. The Bertz CT molecular complexity index is 1160. The lowest BCUT2D eigenvalue weighted by molar-refractivity contribution is -0.141. The maximum Gasteiger partial charge on any atom is 0.271 e. The Morgan fingerprint density at radius 2 is 1.69 bits per heavy atom. The highest BCUT2D eigenvalue weighted by molar-refractivity contribution is 7.16. The van der Waals surface area contributed by atoms with Crippen molar-refractivity contribution < 1.29 is 9.59 Å². The van der Waals surface area contributed by atoms with E-state index in [0.717, 1.165) is 28.4 Å². The Labute approximate surface area is 212 Å². The van der Waals surface area contributed by atoms with E-state index in [1.807, 2.05) is 48.6 Å². The highest BCUT2D eigenvalue weighted by Crippen LogP contribution is 2.29. The summed E-state index contributed by atoms with van der Waals surface area (Å²) in [5, 5.41) is 10.8. The summed E-state index contributed by atoms with van der Waals surface area (Å²) >= 11 is 1.73. The normalized spacial score (nSPS) is 15.4. The SMILES string of the molecule is CCCCN(CCCC)c1ccc(/C=C/C=C2\C(=O)N(Cc3ccccc3)C(=O)C(C#N)=C2C)s1. The van der Waals surface area contributed by atoms with Gasteiger partial charge in [-0.2, -0.15) is 5.26 Å². The molecule has 0 saturated carbocycles. The molecule has 0 radical (unpaired) electrons.